The SMILES string of the molecule is c1ccc(-n2c(N3CCN(Cc4ccc5c(c4)OCO5)CC3)cc3ccccc32)cc1. The zero-order chi connectivity index (χ0) is 20.6. The van der Waals surface area contributed by atoms with Crippen LogP contribution in [-0.4, -0.2) is 42.4 Å². The van der Waals surface area contributed by atoms with E-state index in [0.29, 0.717) is 6.79 Å². The summed E-state index contributed by atoms with van der Waals surface area (Å²) in [6.45, 7) is 5.34. The fourth-order valence-electron chi connectivity index (χ4n) is 4.65. The van der Waals surface area contributed by atoms with Gasteiger partial charge in [-0.2, -0.15) is 0 Å². The zero-order valence-corrected chi connectivity index (χ0v) is 17.4. The summed E-state index contributed by atoms with van der Waals surface area (Å²) in [7, 11) is 0. The lowest BCUT2D eigenvalue weighted by atomic mass is 10.1. The van der Waals surface area contributed by atoms with Crippen LogP contribution in [0.3, 0.4) is 0 Å². The van der Waals surface area contributed by atoms with Crippen molar-refractivity contribution in [2.75, 3.05) is 37.9 Å². The molecule has 0 radical (unpaired) electrons. The normalized spacial score (nSPS) is 16.2. The van der Waals surface area contributed by atoms with E-state index in [1.54, 1.807) is 0 Å². The monoisotopic (exact) mass is 411 g/mol. The highest BCUT2D eigenvalue weighted by molar-refractivity contribution is 5.87. The molecule has 5 heteroatoms. The minimum absolute atomic E-state index is 0.326. The summed E-state index contributed by atoms with van der Waals surface area (Å²) < 4.78 is 13.4. The van der Waals surface area contributed by atoms with E-state index in [9.17, 15) is 0 Å². The van der Waals surface area contributed by atoms with Gasteiger partial charge in [-0.1, -0.05) is 42.5 Å². The lowest BCUT2D eigenvalue weighted by Crippen LogP contribution is -2.46. The molecule has 156 valence electrons. The first-order valence-electron chi connectivity index (χ1n) is 10.9. The molecule has 0 amide bonds. The quantitative estimate of drug-likeness (QED) is 0.488. The highest BCUT2D eigenvalue weighted by Gasteiger charge is 2.22. The number of hydrogen-bond acceptors (Lipinski definition) is 4. The van der Waals surface area contributed by atoms with Gasteiger partial charge in [0.05, 0.1) is 5.52 Å². The van der Waals surface area contributed by atoms with E-state index in [-0.39, 0.29) is 0 Å². The Kier molecular flexibility index (Phi) is 4.54. The molecule has 3 aromatic carbocycles. The van der Waals surface area contributed by atoms with Gasteiger partial charge in [0.25, 0.3) is 0 Å². The van der Waals surface area contributed by atoms with Crippen molar-refractivity contribution in [3.8, 4) is 17.2 Å². The molecule has 0 spiro atoms. The van der Waals surface area contributed by atoms with Crippen LogP contribution in [-0.2, 0) is 6.54 Å². The highest BCUT2D eigenvalue weighted by Crippen LogP contribution is 2.34. The number of anilines is 1. The zero-order valence-electron chi connectivity index (χ0n) is 17.4. The average molecular weight is 412 g/mol. The second kappa shape index (κ2) is 7.67. The minimum Gasteiger partial charge on any atom is -0.454 e. The maximum absolute atomic E-state index is 5.54. The van der Waals surface area contributed by atoms with E-state index in [1.807, 2.05) is 6.07 Å². The van der Waals surface area contributed by atoms with Crippen molar-refractivity contribution < 1.29 is 9.47 Å². The van der Waals surface area contributed by atoms with Crippen molar-refractivity contribution in [2.45, 2.75) is 6.54 Å². The summed E-state index contributed by atoms with van der Waals surface area (Å²) in [4.78, 5) is 5.03. The number of rotatable bonds is 4. The number of aromatic nitrogens is 1. The fourth-order valence-corrected chi connectivity index (χ4v) is 4.65. The van der Waals surface area contributed by atoms with Gasteiger partial charge >= 0.3 is 0 Å². The van der Waals surface area contributed by atoms with Crippen LogP contribution < -0.4 is 14.4 Å². The molecule has 5 nitrogen and oxygen atoms in total. The smallest absolute Gasteiger partial charge is 0.231 e. The van der Waals surface area contributed by atoms with Crippen molar-refractivity contribution >= 4 is 16.7 Å². The van der Waals surface area contributed by atoms with Crippen LogP contribution in [0, 0.1) is 0 Å². The Bertz CT molecular complexity index is 1210. The summed E-state index contributed by atoms with van der Waals surface area (Å²) in [5.74, 6) is 2.99. The summed E-state index contributed by atoms with van der Waals surface area (Å²) >= 11 is 0. The molecule has 4 aromatic rings. The Morgan fingerprint density at radius 1 is 0.710 bits per heavy atom. The van der Waals surface area contributed by atoms with E-state index in [4.69, 9.17) is 9.47 Å². The van der Waals surface area contributed by atoms with E-state index in [2.05, 4.69) is 87.2 Å². The molecule has 0 unspecified atom stereocenters. The van der Waals surface area contributed by atoms with Crippen LogP contribution in [0.4, 0.5) is 5.82 Å². The molecule has 3 heterocycles. The van der Waals surface area contributed by atoms with E-state index in [1.165, 1.54) is 28.0 Å². The second-order valence-corrected chi connectivity index (χ2v) is 8.18. The Morgan fingerprint density at radius 2 is 1.48 bits per heavy atom. The first kappa shape index (κ1) is 18.3. The number of ether oxygens (including phenoxy) is 2. The van der Waals surface area contributed by atoms with Crippen molar-refractivity contribution in [2.24, 2.45) is 0 Å². The molecular weight excluding hydrogens is 386 g/mol. The topological polar surface area (TPSA) is 29.9 Å². The molecule has 1 saturated heterocycles. The van der Waals surface area contributed by atoms with Gasteiger partial charge < -0.3 is 14.4 Å². The van der Waals surface area contributed by atoms with Gasteiger partial charge in [0.1, 0.15) is 5.82 Å². The number of piperazine rings is 1. The molecule has 2 aliphatic heterocycles. The lowest BCUT2D eigenvalue weighted by molar-refractivity contribution is 0.174. The largest absolute Gasteiger partial charge is 0.454 e. The van der Waals surface area contributed by atoms with E-state index >= 15 is 0 Å². The van der Waals surface area contributed by atoms with Crippen LogP contribution in [0.15, 0.2) is 78.9 Å². The maximum atomic E-state index is 5.54. The average Bonchev–Trinajstić information content (AvgIpc) is 3.44. The molecule has 0 bridgehead atoms. The van der Waals surface area contributed by atoms with Gasteiger partial charge in [-0.3, -0.25) is 9.47 Å². The van der Waals surface area contributed by atoms with Gasteiger partial charge in [-0.25, -0.2) is 0 Å². The Morgan fingerprint density at radius 3 is 2.35 bits per heavy atom. The Hall–Kier alpha value is -3.44. The molecule has 1 aromatic heterocycles. The minimum atomic E-state index is 0.326. The third-order valence-electron chi connectivity index (χ3n) is 6.25. The Balaban J connectivity index is 1.23. The van der Waals surface area contributed by atoms with Gasteiger partial charge in [0.2, 0.25) is 6.79 Å². The third-order valence-corrected chi connectivity index (χ3v) is 6.25. The second-order valence-electron chi connectivity index (χ2n) is 8.18. The summed E-state index contributed by atoms with van der Waals surface area (Å²) in [6, 6.07) is 27.9. The standard InChI is InChI=1S/C26H25N3O2/c1-2-7-22(8-3-1)29-23-9-5-4-6-21(23)17-26(29)28-14-12-27(13-15-28)18-20-10-11-24-25(16-20)31-19-30-24/h1-11,16-17H,12-15,18-19H2. The van der Waals surface area contributed by atoms with Crippen LogP contribution in [0.1, 0.15) is 5.56 Å². The molecule has 0 saturated carbocycles. The summed E-state index contributed by atoms with van der Waals surface area (Å²) in [5, 5.41) is 1.28. The third kappa shape index (κ3) is 3.41. The van der Waals surface area contributed by atoms with E-state index in [0.717, 1.165) is 44.2 Å². The van der Waals surface area contributed by atoms with Crippen LogP contribution in [0.25, 0.3) is 16.6 Å². The number of para-hydroxylation sites is 2. The summed E-state index contributed by atoms with van der Waals surface area (Å²) in [6.07, 6.45) is 0. The van der Waals surface area contributed by atoms with Crippen LogP contribution in [0.2, 0.25) is 0 Å². The van der Waals surface area contributed by atoms with Gasteiger partial charge in [-0.05, 0) is 42.0 Å². The van der Waals surface area contributed by atoms with Crippen molar-refractivity contribution in [3.63, 3.8) is 0 Å². The highest BCUT2D eigenvalue weighted by atomic mass is 16.7. The van der Waals surface area contributed by atoms with Gasteiger partial charge in [0.15, 0.2) is 11.5 Å². The van der Waals surface area contributed by atoms with Gasteiger partial charge in [-0.15, -0.1) is 0 Å². The molecule has 0 aliphatic carbocycles. The number of fused-ring (bicyclic) bond motifs is 2. The molecule has 31 heavy (non-hydrogen) atoms. The summed E-state index contributed by atoms with van der Waals surface area (Å²) in [5.41, 5.74) is 3.74. The van der Waals surface area contributed by atoms with Crippen molar-refractivity contribution in [1.82, 2.24) is 9.47 Å². The Labute approximate surface area is 182 Å². The predicted molar refractivity (Wildman–Crippen MR) is 123 cm³/mol. The number of nitrogens with zero attached hydrogens (tertiary/aromatic N) is 3. The maximum Gasteiger partial charge on any atom is 0.231 e. The van der Waals surface area contributed by atoms with Crippen molar-refractivity contribution in [1.29, 1.82) is 0 Å². The molecule has 0 N–H and O–H groups in total. The van der Waals surface area contributed by atoms with Crippen molar-refractivity contribution in [3.05, 3.63) is 84.4 Å². The molecule has 1 fully saturated rings. The molecule has 2 aliphatic rings. The molecule has 0 atom stereocenters. The van der Waals surface area contributed by atoms with E-state index < -0.39 is 0 Å². The van der Waals surface area contributed by atoms with Crippen LogP contribution in [0.5, 0.6) is 11.5 Å². The van der Waals surface area contributed by atoms with Gasteiger partial charge in [0, 0.05) is 43.8 Å². The number of hydrogen-bond donors (Lipinski definition) is 0. The predicted octanol–water partition coefficient (Wildman–Crippen LogP) is 4.68. The molecular formula is C26H25N3O2. The number of benzene rings is 3. The first-order valence-corrected chi connectivity index (χ1v) is 10.9. The first-order chi connectivity index (χ1) is 15.3. The lowest BCUT2D eigenvalue weighted by Gasteiger charge is -2.36. The molecule has 6 rings (SSSR count). The fraction of sp³-hybridized carbons (Fsp3) is 0.231. The van der Waals surface area contributed by atoms with Crippen LogP contribution >= 0.6 is 0 Å².